The highest BCUT2D eigenvalue weighted by Crippen LogP contribution is 2.18. The second-order valence-corrected chi connectivity index (χ2v) is 6.91. The predicted molar refractivity (Wildman–Crippen MR) is 112 cm³/mol. The molecule has 0 bridgehead atoms. The van der Waals surface area contributed by atoms with Crippen molar-refractivity contribution in [3.8, 4) is 5.75 Å². The van der Waals surface area contributed by atoms with E-state index in [1.165, 1.54) is 0 Å². The van der Waals surface area contributed by atoms with Gasteiger partial charge in [0.15, 0.2) is 12.4 Å². The molecule has 0 spiro atoms. The van der Waals surface area contributed by atoms with Crippen LogP contribution < -0.4 is 10.1 Å². The SMILES string of the molecule is CNCC1CCCN(C(=O)COc2ccc(C(=O)c3ccccc3)cc2)C1.Cl. The molecule has 1 unspecified atom stereocenters. The molecule has 3 rings (SSSR count). The lowest BCUT2D eigenvalue weighted by molar-refractivity contribution is -0.135. The predicted octanol–water partition coefficient (Wildman–Crippen LogP) is 3.18. The average molecular weight is 403 g/mol. The first-order valence-corrected chi connectivity index (χ1v) is 9.42. The topological polar surface area (TPSA) is 58.6 Å². The molecule has 0 radical (unpaired) electrons. The summed E-state index contributed by atoms with van der Waals surface area (Å²) in [5.41, 5.74) is 1.26. The van der Waals surface area contributed by atoms with E-state index < -0.39 is 0 Å². The summed E-state index contributed by atoms with van der Waals surface area (Å²) in [6, 6.07) is 16.1. The molecule has 150 valence electrons. The molecular formula is C22H27ClN2O3. The van der Waals surface area contributed by atoms with Crippen LogP contribution in [0, 0.1) is 5.92 Å². The molecule has 2 aromatic rings. The Kier molecular flexibility index (Phi) is 8.48. The number of piperidine rings is 1. The molecule has 5 nitrogen and oxygen atoms in total. The van der Waals surface area contributed by atoms with Gasteiger partial charge in [-0.3, -0.25) is 9.59 Å². The molecule has 1 fully saturated rings. The van der Waals surface area contributed by atoms with E-state index in [0.29, 0.717) is 22.8 Å². The number of carbonyl (C=O) groups excluding carboxylic acids is 2. The standard InChI is InChI=1S/C22H26N2O3.ClH/c1-23-14-17-6-5-13-24(15-17)21(25)16-27-20-11-9-19(10-12-20)22(26)18-7-3-2-4-8-18;/h2-4,7-12,17,23H,5-6,13-16H2,1H3;1H. The van der Waals surface area contributed by atoms with Crippen LogP contribution in [-0.2, 0) is 4.79 Å². The lowest BCUT2D eigenvalue weighted by Crippen LogP contribution is -2.44. The Morgan fingerprint density at radius 1 is 1.07 bits per heavy atom. The van der Waals surface area contributed by atoms with Crippen LogP contribution in [0.15, 0.2) is 54.6 Å². The van der Waals surface area contributed by atoms with Gasteiger partial charge >= 0.3 is 0 Å². The van der Waals surface area contributed by atoms with Gasteiger partial charge in [-0.1, -0.05) is 30.3 Å². The zero-order valence-electron chi connectivity index (χ0n) is 16.1. The van der Waals surface area contributed by atoms with Crippen LogP contribution in [0.4, 0.5) is 0 Å². The lowest BCUT2D eigenvalue weighted by Gasteiger charge is -2.32. The van der Waals surface area contributed by atoms with Crippen molar-refractivity contribution in [2.75, 3.05) is 33.3 Å². The van der Waals surface area contributed by atoms with Crippen LogP contribution in [-0.4, -0.2) is 49.9 Å². The summed E-state index contributed by atoms with van der Waals surface area (Å²) in [4.78, 5) is 26.7. The van der Waals surface area contributed by atoms with E-state index in [1.54, 1.807) is 36.4 Å². The van der Waals surface area contributed by atoms with Crippen LogP contribution in [0.25, 0.3) is 0 Å². The summed E-state index contributed by atoms with van der Waals surface area (Å²) in [6.07, 6.45) is 2.19. The van der Waals surface area contributed by atoms with Crippen molar-refractivity contribution in [3.05, 3.63) is 65.7 Å². The minimum Gasteiger partial charge on any atom is -0.484 e. The molecule has 1 aliphatic heterocycles. The van der Waals surface area contributed by atoms with Crippen molar-refractivity contribution in [1.82, 2.24) is 10.2 Å². The number of benzene rings is 2. The summed E-state index contributed by atoms with van der Waals surface area (Å²) in [7, 11) is 1.94. The molecule has 1 atom stereocenters. The number of rotatable bonds is 7. The number of nitrogens with zero attached hydrogens (tertiary/aromatic N) is 1. The molecule has 0 aliphatic carbocycles. The largest absolute Gasteiger partial charge is 0.484 e. The number of carbonyl (C=O) groups is 2. The number of hydrogen-bond acceptors (Lipinski definition) is 4. The third-order valence-electron chi connectivity index (χ3n) is 4.88. The number of halogens is 1. The molecule has 0 aromatic heterocycles. The van der Waals surface area contributed by atoms with Gasteiger partial charge in [-0.05, 0) is 56.6 Å². The molecule has 6 heteroatoms. The maximum atomic E-state index is 12.4. The Bertz CT molecular complexity index is 763. The molecule has 1 saturated heterocycles. The van der Waals surface area contributed by atoms with Gasteiger partial charge in [0.2, 0.25) is 0 Å². The molecule has 0 saturated carbocycles. The molecule has 1 aliphatic rings. The van der Waals surface area contributed by atoms with E-state index in [4.69, 9.17) is 4.74 Å². The Labute approximate surface area is 172 Å². The average Bonchev–Trinajstić information content (AvgIpc) is 2.73. The van der Waals surface area contributed by atoms with Crippen LogP contribution in [0.3, 0.4) is 0 Å². The van der Waals surface area contributed by atoms with Crippen LogP contribution in [0.1, 0.15) is 28.8 Å². The van der Waals surface area contributed by atoms with E-state index in [9.17, 15) is 9.59 Å². The van der Waals surface area contributed by atoms with Crippen LogP contribution in [0.5, 0.6) is 5.75 Å². The van der Waals surface area contributed by atoms with Gasteiger partial charge < -0.3 is 15.0 Å². The number of hydrogen-bond donors (Lipinski definition) is 1. The van der Waals surface area contributed by atoms with Gasteiger partial charge in [-0.2, -0.15) is 0 Å². The van der Waals surface area contributed by atoms with Crippen molar-refractivity contribution < 1.29 is 14.3 Å². The number of nitrogens with one attached hydrogen (secondary N) is 1. The van der Waals surface area contributed by atoms with Gasteiger partial charge in [0.05, 0.1) is 0 Å². The zero-order valence-corrected chi connectivity index (χ0v) is 16.9. The molecule has 1 amide bonds. The van der Waals surface area contributed by atoms with Gasteiger partial charge in [0, 0.05) is 24.2 Å². The monoisotopic (exact) mass is 402 g/mol. The second kappa shape index (κ2) is 10.8. The highest BCUT2D eigenvalue weighted by Gasteiger charge is 2.23. The summed E-state index contributed by atoms with van der Waals surface area (Å²) in [5, 5.41) is 3.18. The van der Waals surface area contributed by atoms with E-state index in [1.807, 2.05) is 30.1 Å². The minimum absolute atomic E-state index is 0. The Morgan fingerprint density at radius 3 is 2.43 bits per heavy atom. The zero-order chi connectivity index (χ0) is 19.1. The lowest BCUT2D eigenvalue weighted by atomic mass is 9.98. The molecule has 1 heterocycles. The number of likely N-dealkylation sites (tertiary alicyclic amines) is 1. The van der Waals surface area contributed by atoms with Gasteiger partial charge in [-0.15, -0.1) is 12.4 Å². The van der Waals surface area contributed by atoms with E-state index in [2.05, 4.69) is 5.32 Å². The molecule has 2 aromatic carbocycles. The summed E-state index contributed by atoms with van der Waals surface area (Å²) < 4.78 is 5.64. The highest BCUT2D eigenvalue weighted by atomic mass is 35.5. The summed E-state index contributed by atoms with van der Waals surface area (Å²) >= 11 is 0. The van der Waals surface area contributed by atoms with Gasteiger partial charge in [-0.25, -0.2) is 0 Å². The van der Waals surface area contributed by atoms with Crippen molar-refractivity contribution in [3.63, 3.8) is 0 Å². The first-order chi connectivity index (χ1) is 13.2. The van der Waals surface area contributed by atoms with E-state index >= 15 is 0 Å². The normalized spacial score (nSPS) is 16.2. The first kappa shape index (κ1) is 21.9. The van der Waals surface area contributed by atoms with Crippen molar-refractivity contribution in [2.45, 2.75) is 12.8 Å². The number of amides is 1. The molecule has 1 N–H and O–H groups in total. The number of ether oxygens (including phenoxy) is 1. The van der Waals surface area contributed by atoms with Gasteiger partial charge in [0.1, 0.15) is 5.75 Å². The Balaban J connectivity index is 0.00000280. The minimum atomic E-state index is -0.0258. The first-order valence-electron chi connectivity index (χ1n) is 9.42. The molecular weight excluding hydrogens is 376 g/mol. The third kappa shape index (κ3) is 5.81. The second-order valence-electron chi connectivity index (χ2n) is 6.91. The van der Waals surface area contributed by atoms with E-state index in [-0.39, 0.29) is 30.7 Å². The summed E-state index contributed by atoms with van der Waals surface area (Å²) in [6.45, 7) is 2.54. The fraction of sp³-hybridized carbons (Fsp3) is 0.364. The van der Waals surface area contributed by atoms with Crippen molar-refractivity contribution >= 4 is 24.1 Å². The Morgan fingerprint density at radius 2 is 1.75 bits per heavy atom. The smallest absolute Gasteiger partial charge is 0.260 e. The fourth-order valence-corrected chi connectivity index (χ4v) is 3.44. The fourth-order valence-electron chi connectivity index (χ4n) is 3.44. The van der Waals surface area contributed by atoms with E-state index in [0.717, 1.165) is 32.5 Å². The Hall–Kier alpha value is -2.37. The van der Waals surface area contributed by atoms with Gasteiger partial charge in [0.25, 0.3) is 5.91 Å². The maximum absolute atomic E-state index is 12.4. The van der Waals surface area contributed by atoms with Crippen molar-refractivity contribution in [1.29, 1.82) is 0 Å². The maximum Gasteiger partial charge on any atom is 0.260 e. The number of ketones is 1. The highest BCUT2D eigenvalue weighted by molar-refractivity contribution is 6.08. The van der Waals surface area contributed by atoms with Crippen molar-refractivity contribution in [2.24, 2.45) is 5.92 Å². The third-order valence-corrected chi connectivity index (χ3v) is 4.88. The molecule has 28 heavy (non-hydrogen) atoms. The quantitative estimate of drug-likeness (QED) is 0.722. The van der Waals surface area contributed by atoms with Crippen LogP contribution in [0.2, 0.25) is 0 Å². The van der Waals surface area contributed by atoms with Crippen LogP contribution >= 0.6 is 12.4 Å². The summed E-state index contributed by atoms with van der Waals surface area (Å²) in [5.74, 6) is 1.09.